The highest BCUT2D eigenvalue weighted by atomic mass is 32.2. The number of allylic oxidation sites excluding steroid dienone is 2. The first-order chi connectivity index (χ1) is 12.9. The molecule has 5 unspecified atom stereocenters. The van der Waals surface area contributed by atoms with E-state index >= 15 is 0 Å². The number of fused-ring (bicyclic) bond motifs is 2. The van der Waals surface area contributed by atoms with Gasteiger partial charge in [0.1, 0.15) is 6.17 Å². The quantitative estimate of drug-likeness (QED) is 0.495. The van der Waals surface area contributed by atoms with Gasteiger partial charge in [-0.1, -0.05) is 30.4 Å². The number of sulfonamides is 1. The average molecular weight is 395 g/mol. The normalized spacial score (nSPS) is 28.6. The van der Waals surface area contributed by atoms with Gasteiger partial charge in [-0.3, -0.25) is 4.79 Å². The van der Waals surface area contributed by atoms with Crippen LogP contribution in [0.5, 0.6) is 0 Å². The van der Waals surface area contributed by atoms with E-state index in [0.29, 0.717) is 12.8 Å². The number of carbonyl (C=O) groups is 1. The fraction of sp³-hybridized carbons (Fsp3) is 0.550. The molecule has 2 fully saturated rings. The second-order valence-electron chi connectivity index (χ2n) is 7.53. The van der Waals surface area contributed by atoms with E-state index in [1.807, 2.05) is 0 Å². The number of nitrogens with one attached hydrogen (secondary N) is 1. The molecule has 2 aliphatic rings. The van der Waals surface area contributed by atoms with Crippen LogP contribution in [-0.4, -0.2) is 31.7 Å². The largest absolute Gasteiger partial charge is 0.481 e. The lowest BCUT2D eigenvalue weighted by Crippen LogP contribution is -2.46. The summed E-state index contributed by atoms with van der Waals surface area (Å²) in [6.07, 6.45) is 5.71. The zero-order valence-electron chi connectivity index (χ0n) is 15.1. The highest BCUT2D eigenvalue weighted by Crippen LogP contribution is 2.51. The summed E-state index contributed by atoms with van der Waals surface area (Å²) in [6.45, 7) is 0. The predicted molar refractivity (Wildman–Crippen MR) is 100 cm³/mol. The minimum atomic E-state index is -3.68. The van der Waals surface area contributed by atoms with Crippen LogP contribution in [0, 0.1) is 17.8 Å². The molecule has 7 heteroatoms. The number of rotatable bonds is 9. The third-order valence-corrected chi connectivity index (χ3v) is 7.25. The maximum Gasteiger partial charge on any atom is 0.303 e. The summed E-state index contributed by atoms with van der Waals surface area (Å²) in [5, 5.41) is 8.64. The lowest BCUT2D eigenvalue weighted by Gasteiger charge is -2.32. The molecule has 5 nitrogen and oxygen atoms in total. The molecule has 1 aromatic rings. The average Bonchev–Trinajstić information content (AvgIpc) is 3.23. The molecule has 0 spiro atoms. The Kier molecular flexibility index (Phi) is 6.32. The number of alkyl halides is 1. The van der Waals surface area contributed by atoms with Crippen LogP contribution >= 0.6 is 0 Å². The highest BCUT2D eigenvalue weighted by molar-refractivity contribution is 7.89. The first-order valence-corrected chi connectivity index (χ1v) is 11.0. The van der Waals surface area contributed by atoms with Crippen LogP contribution in [0.1, 0.15) is 38.5 Å². The van der Waals surface area contributed by atoms with Crippen molar-refractivity contribution in [2.24, 2.45) is 17.8 Å². The Morgan fingerprint density at radius 2 is 1.96 bits per heavy atom. The van der Waals surface area contributed by atoms with Crippen molar-refractivity contribution < 1.29 is 22.7 Å². The molecule has 27 heavy (non-hydrogen) atoms. The van der Waals surface area contributed by atoms with Crippen LogP contribution in [0.15, 0.2) is 47.4 Å². The second-order valence-corrected chi connectivity index (χ2v) is 9.24. The summed E-state index contributed by atoms with van der Waals surface area (Å²) in [4.78, 5) is 10.7. The van der Waals surface area contributed by atoms with Crippen molar-refractivity contribution in [1.82, 2.24) is 4.72 Å². The van der Waals surface area contributed by atoms with Gasteiger partial charge in [-0.2, -0.15) is 0 Å². The fourth-order valence-electron chi connectivity index (χ4n) is 4.54. The van der Waals surface area contributed by atoms with E-state index in [1.54, 1.807) is 36.4 Å². The van der Waals surface area contributed by atoms with E-state index in [9.17, 15) is 17.6 Å². The summed E-state index contributed by atoms with van der Waals surface area (Å²) >= 11 is 0. The SMILES string of the molecule is O=C(O)CCCC=CC(F)C1C2CCC(C2)C1NS(=O)(=O)c1ccccc1. The van der Waals surface area contributed by atoms with Gasteiger partial charge in [-0.05, 0) is 56.1 Å². The Bertz CT molecular complexity index is 780. The number of carboxylic acid groups (broad SMARTS) is 1. The molecule has 2 N–H and O–H groups in total. The molecule has 0 heterocycles. The minimum absolute atomic E-state index is 0.0644. The number of unbranched alkanes of at least 4 members (excludes halogenated alkanes) is 1. The van der Waals surface area contributed by atoms with Gasteiger partial charge in [-0.25, -0.2) is 17.5 Å². The summed E-state index contributed by atoms with van der Waals surface area (Å²) in [5.74, 6) is -0.851. The molecule has 2 aliphatic carbocycles. The van der Waals surface area contributed by atoms with Crippen LogP contribution in [0.2, 0.25) is 0 Å². The number of carboxylic acids is 1. The minimum Gasteiger partial charge on any atom is -0.481 e. The summed E-state index contributed by atoms with van der Waals surface area (Å²) in [5.41, 5.74) is 0. The third kappa shape index (κ3) is 4.76. The van der Waals surface area contributed by atoms with Crippen LogP contribution in [0.4, 0.5) is 4.39 Å². The van der Waals surface area contributed by atoms with Crippen molar-refractivity contribution in [2.75, 3.05) is 0 Å². The topological polar surface area (TPSA) is 83.5 Å². The van der Waals surface area contributed by atoms with Crippen molar-refractivity contribution >= 4 is 16.0 Å². The Balaban J connectivity index is 1.67. The van der Waals surface area contributed by atoms with E-state index < -0.39 is 28.2 Å². The molecule has 0 aliphatic heterocycles. The Labute approximate surface area is 159 Å². The molecule has 3 rings (SSSR count). The zero-order chi connectivity index (χ0) is 19.4. The molecule has 2 saturated carbocycles. The Morgan fingerprint density at radius 1 is 1.26 bits per heavy atom. The lowest BCUT2D eigenvalue weighted by molar-refractivity contribution is -0.137. The van der Waals surface area contributed by atoms with Gasteiger partial charge in [0.25, 0.3) is 0 Å². The first-order valence-electron chi connectivity index (χ1n) is 9.48. The van der Waals surface area contributed by atoms with Gasteiger partial charge < -0.3 is 5.11 Å². The van der Waals surface area contributed by atoms with E-state index in [4.69, 9.17) is 5.11 Å². The van der Waals surface area contributed by atoms with Crippen molar-refractivity contribution in [3.8, 4) is 0 Å². The Morgan fingerprint density at radius 3 is 2.67 bits per heavy atom. The third-order valence-electron chi connectivity index (χ3n) is 5.77. The molecular formula is C20H26FNO4S. The van der Waals surface area contributed by atoms with Crippen molar-refractivity contribution in [1.29, 1.82) is 0 Å². The van der Waals surface area contributed by atoms with Gasteiger partial charge in [0.2, 0.25) is 10.0 Å². The summed E-state index contributed by atoms with van der Waals surface area (Å²) < 4.78 is 43.1. The number of hydrogen-bond donors (Lipinski definition) is 2. The maximum atomic E-state index is 14.9. The fourth-order valence-corrected chi connectivity index (χ4v) is 5.90. The van der Waals surface area contributed by atoms with E-state index in [-0.39, 0.29) is 29.1 Å². The molecule has 1 aromatic carbocycles. The number of halogens is 1. The first kappa shape index (κ1) is 20.0. The Hall–Kier alpha value is -1.73. The number of aliphatic carboxylic acids is 1. The molecule has 0 amide bonds. The van der Waals surface area contributed by atoms with Gasteiger partial charge in [0.15, 0.2) is 0 Å². The lowest BCUT2D eigenvalue weighted by atomic mass is 9.81. The molecule has 148 valence electrons. The molecule has 0 radical (unpaired) electrons. The van der Waals surface area contributed by atoms with Gasteiger partial charge in [0, 0.05) is 18.4 Å². The molecule has 0 aromatic heterocycles. The van der Waals surface area contributed by atoms with E-state index in [2.05, 4.69) is 4.72 Å². The summed E-state index contributed by atoms with van der Waals surface area (Å²) in [6, 6.07) is 7.79. The van der Waals surface area contributed by atoms with Gasteiger partial charge in [0.05, 0.1) is 4.90 Å². The summed E-state index contributed by atoms with van der Waals surface area (Å²) in [7, 11) is -3.68. The highest BCUT2D eigenvalue weighted by Gasteiger charge is 2.51. The predicted octanol–water partition coefficient (Wildman–Crippen LogP) is 3.53. The van der Waals surface area contributed by atoms with Crippen LogP contribution in [-0.2, 0) is 14.8 Å². The van der Waals surface area contributed by atoms with Crippen molar-refractivity contribution in [3.05, 3.63) is 42.5 Å². The molecule has 5 atom stereocenters. The number of hydrogen-bond acceptors (Lipinski definition) is 3. The standard InChI is InChI=1S/C20H26FNO4S/c21-17(9-5-2-6-10-18(23)24)19-14-11-12-15(13-14)20(19)22-27(25,26)16-7-3-1-4-8-16/h1,3-5,7-9,14-15,17,19-20,22H,2,6,10-13H2,(H,23,24). The second kappa shape index (κ2) is 8.52. The maximum absolute atomic E-state index is 14.9. The van der Waals surface area contributed by atoms with Crippen LogP contribution in [0.25, 0.3) is 0 Å². The number of benzene rings is 1. The zero-order valence-corrected chi connectivity index (χ0v) is 15.9. The van der Waals surface area contributed by atoms with Gasteiger partial charge >= 0.3 is 5.97 Å². The van der Waals surface area contributed by atoms with Gasteiger partial charge in [-0.15, -0.1) is 0 Å². The van der Waals surface area contributed by atoms with Crippen LogP contribution < -0.4 is 4.72 Å². The van der Waals surface area contributed by atoms with E-state index in [1.165, 1.54) is 6.08 Å². The monoisotopic (exact) mass is 395 g/mol. The molecular weight excluding hydrogens is 369 g/mol. The van der Waals surface area contributed by atoms with Crippen molar-refractivity contribution in [3.63, 3.8) is 0 Å². The smallest absolute Gasteiger partial charge is 0.303 e. The van der Waals surface area contributed by atoms with Crippen LogP contribution in [0.3, 0.4) is 0 Å². The van der Waals surface area contributed by atoms with E-state index in [0.717, 1.165) is 19.3 Å². The van der Waals surface area contributed by atoms with Crippen molar-refractivity contribution in [2.45, 2.75) is 55.6 Å². The molecule has 2 bridgehead atoms. The molecule has 0 saturated heterocycles.